The summed E-state index contributed by atoms with van der Waals surface area (Å²) < 4.78 is 26.6. The van der Waals surface area contributed by atoms with Gasteiger partial charge in [0.2, 0.25) is 0 Å². The molecule has 1 aliphatic rings. The molecule has 1 fully saturated rings. The first-order chi connectivity index (χ1) is 11.0. The van der Waals surface area contributed by atoms with Crippen LogP contribution in [-0.4, -0.2) is 17.5 Å². The summed E-state index contributed by atoms with van der Waals surface area (Å²) in [5.41, 5.74) is 2.23. The van der Waals surface area contributed by atoms with Crippen molar-refractivity contribution in [2.45, 2.75) is 25.8 Å². The van der Waals surface area contributed by atoms with E-state index >= 15 is 0 Å². The molecule has 0 unspecified atom stereocenters. The number of nitrogens with one attached hydrogen (secondary N) is 1. The second kappa shape index (κ2) is 6.36. The highest BCUT2D eigenvalue weighted by molar-refractivity contribution is 5.90. The van der Waals surface area contributed by atoms with Gasteiger partial charge in [-0.2, -0.15) is 0 Å². The number of halogens is 2. The Bertz CT molecular complexity index is 715. The second-order valence-electron chi connectivity index (χ2n) is 5.82. The molecule has 5 heteroatoms. The minimum atomic E-state index is -0.774. The SMILES string of the molecule is Cc1ccc([C@H]2CCCN2C(=O)Nc2ccc(F)cc2F)cc1. The number of hydrogen-bond donors (Lipinski definition) is 1. The van der Waals surface area contributed by atoms with E-state index < -0.39 is 11.6 Å². The number of anilines is 1. The molecule has 0 saturated carbocycles. The summed E-state index contributed by atoms with van der Waals surface area (Å²) in [6.07, 6.45) is 1.78. The van der Waals surface area contributed by atoms with E-state index in [1.807, 2.05) is 31.2 Å². The average Bonchev–Trinajstić information content (AvgIpc) is 3.00. The van der Waals surface area contributed by atoms with Gasteiger partial charge in [0.15, 0.2) is 0 Å². The first kappa shape index (κ1) is 15.5. The lowest BCUT2D eigenvalue weighted by molar-refractivity contribution is 0.207. The molecular formula is C18H18F2N2O. The van der Waals surface area contributed by atoms with E-state index in [9.17, 15) is 13.6 Å². The zero-order valence-electron chi connectivity index (χ0n) is 12.9. The number of rotatable bonds is 2. The maximum absolute atomic E-state index is 13.7. The summed E-state index contributed by atoms with van der Waals surface area (Å²) in [4.78, 5) is 14.2. The van der Waals surface area contributed by atoms with Crippen LogP contribution in [0, 0.1) is 18.6 Å². The van der Waals surface area contributed by atoms with Crippen molar-refractivity contribution < 1.29 is 13.6 Å². The van der Waals surface area contributed by atoms with Crippen LogP contribution >= 0.6 is 0 Å². The molecule has 0 spiro atoms. The van der Waals surface area contributed by atoms with Gasteiger partial charge in [-0.05, 0) is 37.5 Å². The second-order valence-corrected chi connectivity index (χ2v) is 5.82. The quantitative estimate of drug-likeness (QED) is 0.860. The van der Waals surface area contributed by atoms with Crippen molar-refractivity contribution in [3.8, 4) is 0 Å². The van der Waals surface area contributed by atoms with Crippen molar-refractivity contribution in [1.29, 1.82) is 0 Å². The Kier molecular flexibility index (Phi) is 4.28. The minimum absolute atomic E-state index is 0.00837. The third-order valence-electron chi connectivity index (χ3n) is 4.15. The topological polar surface area (TPSA) is 32.3 Å². The van der Waals surface area contributed by atoms with Crippen molar-refractivity contribution in [3.05, 3.63) is 65.2 Å². The highest BCUT2D eigenvalue weighted by atomic mass is 19.1. The maximum Gasteiger partial charge on any atom is 0.322 e. The molecule has 23 heavy (non-hydrogen) atoms. The van der Waals surface area contributed by atoms with Gasteiger partial charge < -0.3 is 10.2 Å². The van der Waals surface area contributed by atoms with Crippen LogP contribution in [0.5, 0.6) is 0 Å². The fourth-order valence-electron chi connectivity index (χ4n) is 2.92. The van der Waals surface area contributed by atoms with E-state index in [1.165, 1.54) is 6.07 Å². The van der Waals surface area contributed by atoms with E-state index in [0.29, 0.717) is 6.54 Å². The third-order valence-corrected chi connectivity index (χ3v) is 4.15. The van der Waals surface area contributed by atoms with Crippen LogP contribution in [0.1, 0.15) is 30.0 Å². The Hall–Kier alpha value is -2.43. The maximum atomic E-state index is 13.7. The van der Waals surface area contributed by atoms with E-state index in [4.69, 9.17) is 0 Å². The van der Waals surface area contributed by atoms with Crippen LogP contribution < -0.4 is 5.32 Å². The zero-order valence-corrected chi connectivity index (χ0v) is 12.9. The van der Waals surface area contributed by atoms with Gasteiger partial charge in [-0.3, -0.25) is 0 Å². The number of hydrogen-bond acceptors (Lipinski definition) is 1. The van der Waals surface area contributed by atoms with Gasteiger partial charge in [0.25, 0.3) is 0 Å². The molecular weight excluding hydrogens is 298 g/mol. The monoisotopic (exact) mass is 316 g/mol. The van der Waals surface area contributed by atoms with Gasteiger partial charge in [0.05, 0.1) is 11.7 Å². The summed E-state index contributed by atoms with van der Waals surface area (Å²) in [7, 11) is 0. The first-order valence-electron chi connectivity index (χ1n) is 7.64. The fourth-order valence-corrected chi connectivity index (χ4v) is 2.92. The molecule has 1 N–H and O–H groups in total. The van der Waals surface area contributed by atoms with Gasteiger partial charge in [0.1, 0.15) is 11.6 Å². The van der Waals surface area contributed by atoms with Gasteiger partial charge in [-0.15, -0.1) is 0 Å². The van der Waals surface area contributed by atoms with Crippen LogP contribution in [0.4, 0.5) is 19.3 Å². The molecule has 0 aromatic heterocycles. The molecule has 0 aliphatic carbocycles. The van der Waals surface area contributed by atoms with E-state index in [1.54, 1.807) is 4.90 Å². The number of aryl methyl sites for hydroxylation is 1. The predicted molar refractivity (Wildman–Crippen MR) is 85.2 cm³/mol. The van der Waals surface area contributed by atoms with Gasteiger partial charge >= 0.3 is 6.03 Å². The van der Waals surface area contributed by atoms with Gasteiger partial charge in [-0.25, -0.2) is 13.6 Å². The van der Waals surface area contributed by atoms with Crippen LogP contribution in [0.15, 0.2) is 42.5 Å². The largest absolute Gasteiger partial charge is 0.322 e. The summed E-state index contributed by atoms with van der Waals surface area (Å²) in [5, 5.41) is 2.54. The molecule has 2 aromatic rings. The van der Waals surface area contributed by atoms with Crippen molar-refractivity contribution in [2.24, 2.45) is 0 Å². The molecule has 0 bridgehead atoms. The Morgan fingerprint density at radius 2 is 1.91 bits per heavy atom. The minimum Gasteiger partial charge on any atom is -0.317 e. The number of amides is 2. The number of carbonyl (C=O) groups excluding carboxylic acids is 1. The smallest absolute Gasteiger partial charge is 0.317 e. The lowest BCUT2D eigenvalue weighted by Crippen LogP contribution is -2.34. The van der Waals surface area contributed by atoms with E-state index in [2.05, 4.69) is 5.32 Å². The number of likely N-dealkylation sites (tertiary alicyclic amines) is 1. The molecule has 3 rings (SSSR count). The molecule has 1 atom stereocenters. The van der Waals surface area contributed by atoms with E-state index in [0.717, 1.165) is 36.1 Å². The predicted octanol–water partition coefficient (Wildman–Crippen LogP) is 4.64. The zero-order chi connectivity index (χ0) is 16.4. The third kappa shape index (κ3) is 3.33. The molecule has 3 nitrogen and oxygen atoms in total. The Balaban J connectivity index is 1.76. The van der Waals surface area contributed by atoms with Crippen LogP contribution in [0.3, 0.4) is 0 Å². The van der Waals surface area contributed by atoms with Crippen LogP contribution in [-0.2, 0) is 0 Å². The van der Waals surface area contributed by atoms with Crippen LogP contribution in [0.2, 0.25) is 0 Å². The lowest BCUT2D eigenvalue weighted by atomic mass is 10.0. The number of urea groups is 1. The standard InChI is InChI=1S/C18H18F2N2O/c1-12-4-6-13(7-5-12)17-3-2-10-22(17)18(23)21-16-9-8-14(19)11-15(16)20/h4-9,11,17H,2-3,10H2,1H3,(H,21,23)/t17-/m1/s1. The van der Waals surface area contributed by atoms with Crippen molar-refractivity contribution in [2.75, 3.05) is 11.9 Å². The van der Waals surface area contributed by atoms with Gasteiger partial charge in [0, 0.05) is 12.6 Å². The molecule has 120 valence electrons. The fraction of sp³-hybridized carbons (Fsp3) is 0.278. The summed E-state index contributed by atoms with van der Waals surface area (Å²) in [6, 6.07) is 10.8. The van der Waals surface area contributed by atoms with Crippen molar-refractivity contribution in [3.63, 3.8) is 0 Å². The molecule has 1 heterocycles. The number of nitrogens with zero attached hydrogens (tertiary/aromatic N) is 1. The normalized spacial score (nSPS) is 17.3. The van der Waals surface area contributed by atoms with Crippen LogP contribution in [0.25, 0.3) is 0 Å². The highest BCUT2D eigenvalue weighted by Crippen LogP contribution is 2.32. The summed E-state index contributed by atoms with van der Waals surface area (Å²) in [5.74, 6) is -1.44. The van der Waals surface area contributed by atoms with Gasteiger partial charge in [-0.1, -0.05) is 29.8 Å². The Morgan fingerprint density at radius 1 is 1.17 bits per heavy atom. The molecule has 1 saturated heterocycles. The summed E-state index contributed by atoms with van der Waals surface area (Å²) >= 11 is 0. The first-order valence-corrected chi connectivity index (χ1v) is 7.64. The van der Waals surface area contributed by atoms with Crippen molar-refractivity contribution >= 4 is 11.7 Å². The Morgan fingerprint density at radius 3 is 2.61 bits per heavy atom. The highest BCUT2D eigenvalue weighted by Gasteiger charge is 2.30. The molecule has 0 radical (unpaired) electrons. The Labute approximate surface area is 133 Å². The molecule has 2 aromatic carbocycles. The molecule has 2 amide bonds. The van der Waals surface area contributed by atoms with Crippen molar-refractivity contribution in [1.82, 2.24) is 4.90 Å². The number of carbonyl (C=O) groups is 1. The number of benzene rings is 2. The molecule has 1 aliphatic heterocycles. The average molecular weight is 316 g/mol. The summed E-state index contributed by atoms with van der Waals surface area (Å²) in [6.45, 7) is 2.63. The lowest BCUT2D eigenvalue weighted by Gasteiger charge is -2.25. The van der Waals surface area contributed by atoms with E-state index in [-0.39, 0.29) is 17.8 Å².